The number of nitrogens with zero attached hydrogens (tertiary/aromatic N) is 1. The van der Waals surface area contributed by atoms with Crippen molar-refractivity contribution in [3.63, 3.8) is 0 Å². The summed E-state index contributed by atoms with van der Waals surface area (Å²) in [5, 5.41) is 9.20. The number of aliphatic carboxylic acids is 1. The highest BCUT2D eigenvalue weighted by molar-refractivity contribution is 5.92. The summed E-state index contributed by atoms with van der Waals surface area (Å²) in [4.78, 5) is 24.9. The summed E-state index contributed by atoms with van der Waals surface area (Å²) in [7, 11) is 0. The molecular formula is C12H17NO5. The number of rotatable bonds is 2. The van der Waals surface area contributed by atoms with E-state index in [1.807, 2.05) is 0 Å². The molecule has 100 valence electrons. The molecule has 2 aliphatic rings. The van der Waals surface area contributed by atoms with E-state index in [0.717, 1.165) is 0 Å². The Kier molecular flexibility index (Phi) is 3.45. The number of hydrogen-bond donors (Lipinski definition) is 1. The molecule has 0 spiro atoms. The Morgan fingerprint density at radius 3 is 2.83 bits per heavy atom. The third-order valence-corrected chi connectivity index (χ3v) is 3.36. The molecule has 0 aromatic heterocycles. The Morgan fingerprint density at radius 2 is 2.22 bits per heavy atom. The summed E-state index contributed by atoms with van der Waals surface area (Å²) < 4.78 is 10.3. The molecule has 1 saturated heterocycles. The molecule has 0 radical (unpaired) electrons. The van der Waals surface area contributed by atoms with Gasteiger partial charge in [0.1, 0.15) is 19.5 Å². The second-order valence-corrected chi connectivity index (χ2v) is 4.90. The number of hydrogen-bond acceptors (Lipinski definition) is 4. The SMILES string of the molecule is CC1(C(=O)O)CCCN(C(=O)C2=COCCO2)C1. The topological polar surface area (TPSA) is 76.1 Å². The van der Waals surface area contributed by atoms with Crippen LogP contribution in [-0.4, -0.2) is 48.2 Å². The molecule has 0 aliphatic carbocycles. The first kappa shape index (κ1) is 12.7. The van der Waals surface area contributed by atoms with Gasteiger partial charge in [0.15, 0.2) is 0 Å². The van der Waals surface area contributed by atoms with E-state index >= 15 is 0 Å². The summed E-state index contributed by atoms with van der Waals surface area (Å²) in [6.07, 6.45) is 2.57. The maximum Gasteiger partial charge on any atom is 0.311 e. The summed E-state index contributed by atoms with van der Waals surface area (Å²) in [5.74, 6) is -0.993. The predicted octanol–water partition coefficient (Wildman–Crippen LogP) is 0.588. The second kappa shape index (κ2) is 4.88. The number of amides is 1. The van der Waals surface area contributed by atoms with Gasteiger partial charge >= 0.3 is 5.97 Å². The van der Waals surface area contributed by atoms with Crippen LogP contribution in [0.3, 0.4) is 0 Å². The van der Waals surface area contributed by atoms with Crippen molar-refractivity contribution in [2.75, 3.05) is 26.3 Å². The number of carboxylic acids is 1. The quantitative estimate of drug-likeness (QED) is 0.781. The first-order valence-corrected chi connectivity index (χ1v) is 6.00. The lowest BCUT2D eigenvalue weighted by Crippen LogP contribution is -2.49. The van der Waals surface area contributed by atoms with Crippen LogP contribution in [0.25, 0.3) is 0 Å². The molecular weight excluding hydrogens is 238 g/mol. The zero-order valence-corrected chi connectivity index (χ0v) is 10.3. The van der Waals surface area contributed by atoms with Gasteiger partial charge in [-0.05, 0) is 19.8 Å². The van der Waals surface area contributed by atoms with E-state index in [1.54, 1.807) is 6.92 Å². The van der Waals surface area contributed by atoms with Gasteiger partial charge in [0.2, 0.25) is 5.76 Å². The Bertz CT molecular complexity index is 392. The van der Waals surface area contributed by atoms with Crippen molar-refractivity contribution >= 4 is 11.9 Å². The van der Waals surface area contributed by atoms with Crippen LogP contribution in [0.4, 0.5) is 0 Å². The fourth-order valence-electron chi connectivity index (χ4n) is 2.22. The molecule has 0 saturated carbocycles. The smallest absolute Gasteiger partial charge is 0.311 e. The van der Waals surface area contributed by atoms with Crippen LogP contribution in [0.15, 0.2) is 12.0 Å². The molecule has 1 fully saturated rings. The molecule has 0 bridgehead atoms. The molecule has 0 aromatic carbocycles. The third kappa shape index (κ3) is 2.42. The van der Waals surface area contributed by atoms with E-state index in [2.05, 4.69) is 0 Å². The van der Waals surface area contributed by atoms with Gasteiger partial charge in [0, 0.05) is 13.1 Å². The van der Waals surface area contributed by atoms with Crippen LogP contribution in [0.5, 0.6) is 0 Å². The minimum absolute atomic E-state index is 0.163. The fraction of sp³-hybridized carbons (Fsp3) is 0.667. The van der Waals surface area contributed by atoms with Gasteiger partial charge in [0.25, 0.3) is 5.91 Å². The van der Waals surface area contributed by atoms with Crippen molar-refractivity contribution in [2.45, 2.75) is 19.8 Å². The van der Waals surface area contributed by atoms with Crippen LogP contribution in [0, 0.1) is 5.41 Å². The molecule has 2 heterocycles. The fourth-order valence-corrected chi connectivity index (χ4v) is 2.22. The lowest BCUT2D eigenvalue weighted by molar-refractivity contribution is -0.153. The van der Waals surface area contributed by atoms with Crippen LogP contribution < -0.4 is 0 Å². The largest absolute Gasteiger partial charge is 0.494 e. The zero-order valence-electron chi connectivity index (χ0n) is 10.3. The van der Waals surface area contributed by atoms with Crippen LogP contribution in [-0.2, 0) is 19.1 Å². The molecule has 6 heteroatoms. The van der Waals surface area contributed by atoms with Crippen molar-refractivity contribution in [3.8, 4) is 0 Å². The second-order valence-electron chi connectivity index (χ2n) is 4.90. The maximum absolute atomic E-state index is 12.1. The van der Waals surface area contributed by atoms with Crippen molar-refractivity contribution in [1.29, 1.82) is 0 Å². The van der Waals surface area contributed by atoms with Gasteiger partial charge in [-0.15, -0.1) is 0 Å². The highest BCUT2D eigenvalue weighted by atomic mass is 16.6. The number of likely N-dealkylation sites (tertiary alicyclic amines) is 1. The number of carboxylic acid groups (broad SMARTS) is 1. The molecule has 2 rings (SSSR count). The summed E-state index contributed by atoms with van der Waals surface area (Å²) in [6.45, 7) is 3.22. The van der Waals surface area contributed by atoms with Gasteiger partial charge < -0.3 is 19.5 Å². The van der Waals surface area contributed by atoms with E-state index < -0.39 is 11.4 Å². The Hall–Kier alpha value is -1.72. The van der Waals surface area contributed by atoms with E-state index in [1.165, 1.54) is 11.2 Å². The summed E-state index contributed by atoms with van der Waals surface area (Å²) in [5.41, 5.74) is -0.871. The third-order valence-electron chi connectivity index (χ3n) is 3.36. The number of carbonyl (C=O) groups excluding carboxylic acids is 1. The Morgan fingerprint density at radius 1 is 1.44 bits per heavy atom. The van der Waals surface area contributed by atoms with Gasteiger partial charge in [-0.3, -0.25) is 9.59 Å². The molecule has 1 atom stereocenters. The number of carbonyl (C=O) groups is 2. The van der Waals surface area contributed by atoms with Crippen LogP contribution in [0.1, 0.15) is 19.8 Å². The van der Waals surface area contributed by atoms with Crippen molar-refractivity contribution in [1.82, 2.24) is 4.90 Å². The van der Waals surface area contributed by atoms with Gasteiger partial charge in [-0.1, -0.05) is 0 Å². The van der Waals surface area contributed by atoms with Crippen molar-refractivity contribution in [2.24, 2.45) is 5.41 Å². The molecule has 2 aliphatic heterocycles. The van der Waals surface area contributed by atoms with E-state index in [0.29, 0.717) is 32.6 Å². The average molecular weight is 255 g/mol. The zero-order chi connectivity index (χ0) is 13.2. The predicted molar refractivity (Wildman–Crippen MR) is 61.5 cm³/mol. The maximum atomic E-state index is 12.1. The first-order valence-electron chi connectivity index (χ1n) is 6.00. The number of piperidine rings is 1. The standard InChI is InChI=1S/C12H17NO5/c1-12(11(15)16)3-2-4-13(8-12)10(14)9-7-17-5-6-18-9/h7H,2-6,8H2,1H3,(H,15,16). The highest BCUT2D eigenvalue weighted by Gasteiger charge is 2.40. The normalized spacial score (nSPS) is 27.8. The average Bonchev–Trinajstić information content (AvgIpc) is 2.39. The lowest BCUT2D eigenvalue weighted by Gasteiger charge is -2.37. The molecule has 18 heavy (non-hydrogen) atoms. The molecule has 6 nitrogen and oxygen atoms in total. The highest BCUT2D eigenvalue weighted by Crippen LogP contribution is 2.30. The summed E-state index contributed by atoms with van der Waals surface area (Å²) >= 11 is 0. The van der Waals surface area contributed by atoms with Crippen LogP contribution in [0.2, 0.25) is 0 Å². The van der Waals surface area contributed by atoms with E-state index in [-0.39, 0.29) is 18.2 Å². The first-order chi connectivity index (χ1) is 8.53. The molecule has 1 unspecified atom stereocenters. The Balaban J connectivity index is 2.07. The molecule has 1 amide bonds. The lowest BCUT2D eigenvalue weighted by atomic mass is 9.82. The van der Waals surface area contributed by atoms with Crippen molar-refractivity contribution < 1.29 is 24.2 Å². The van der Waals surface area contributed by atoms with Gasteiger partial charge in [-0.25, -0.2) is 0 Å². The molecule has 0 aromatic rings. The van der Waals surface area contributed by atoms with E-state index in [9.17, 15) is 14.7 Å². The minimum Gasteiger partial charge on any atom is -0.494 e. The minimum atomic E-state index is -0.871. The number of ether oxygens (including phenoxy) is 2. The van der Waals surface area contributed by atoms with Gasteiger partial charge in [-0.2, -0.15) is 0 Å². The van der Waals surface area contributed by atoms with Crippen molar-refractivity contribution in [3.05, 3.63) is 12.0 Å². The van der Waals surface area contributed by atoms with Crippen LogP contribution >= 0.6 is 0 Å². The summed E-state index contributed by atoms with van der Waals surface area (Å²) in [6, 6.07) is 0. The monoisotopic (exact) mass is 255 g/mol. The Labute approximate surface area is 105 Å². The molecule has 1 N–H and O–H groups in total. The van der Waals surface area contributed by atoms with E-state index in [4.69, 9.17) is 9.47 Å². The van der Waals surface area contributed by atoms with Gasteiger partial charge in [0.05, 0.1) is 5.41 Å².